The van der Waals surface area contributed by atoms with Crippen LogP contribution in [0.25, 0.3) is 0 Å². The van der Waals surface area contributed by atoms with Crippen LogP contribution in [0.2, 0.25) is 0 Å². The summed E-state index contributed by atoms with van der Waals surface area (Å²) in [4.78, 5) is 22.8. The van der Waals surface area contributed by atoms with Crippen LogP contribution in [0.3, 0.4) is 0 Å². The first kappa shape index (κ1) is 14.9. The predicted octanol–water partition coefficient (Wildman–Crippen LogP) is 2.97. The summed E-state index contributed by atoms with van der Waals surface area (Å²) in [5.41, 5.74) is 0.383. The van der Waals surface area contributed by atoms with Gasteiger partial charge in [0.25, 0.3) is 5.91 Å². The number of carbonyl (C=O) groups excluding carboxylic acids is 1. The van der Waals surface area contributed by atoms with Crippen LogP contribution in [-0.2, 0) is 4.79 Å². The van der Waals surface area contributed by atoms with Crippen LogP contribution in [0.1, 0.15) is 16.8 Å². The molecule has 0 spiro atoms. The molecule has 1 rings (SSSR count). The molecule has 0 saturated heterocycles. The van der Waals surface area contributed by atoms with Crippen LogP contribution in [0.4, 0.5) is 0 Å². The summed E-state index contributed by atoms with van der Waals surface area (Å²) < 4.78 is 1.42. The molecule has 1 amide bonds. The van der Waals surface area contributed by atoms with Gasteiger partial charge in [-0.1, -0.05) is 22.0 Å². The number of hydrogen-bond donors (Lipinski definition) is 2. The first-order chi connectivity index (χ1) is 8.45. The van der Waals surface area contributed by atoms with Crippen molar-refractivity contribution in [1.82, 2.24) is 5.32 Å². The van der Waals surface area contributed by atoms with E-state index in [1.165, 1.54) is 6.08 Å². The van der Waals surface area contributed by atoms with Gasteiger partial charge < -0.3 is 10.4 Å². The highest BCUT2D eigenvalue weighted by Gasteiger charge is 2.20. The van der Waals surface area contributed by atoms with Crippen molar-refractivity contribution < 1.29 is 14.7 Å². The van der Waals surface area contributed by atoms with Crippen molar-refractivity contribution in [3.63, 3.8) is 0 Å². The lowest BCUT2D eigenvalue weighted by atomic mass is 10.1. The Morgan fingerprint density at radius 3 is 2.61 bits per heavy atom. The quantitative estimate of drug-likeness (QED) is 0.776. The summed E-state index contributed by atoms with van der Waals surface area (Å²) in [6.07, 6.45) is 1.63. The van der Waals surface area contributed by atoms with Crippen molar-refractivity contribution in [2.24, 2.45) is 0 Å². The Kier molecular flexibility index (Phi) is 5.55. The van der Waals surface area contributed by atoms with E-state index in [-0.39, 0.29) is 6.42 Å². The number of aliphatic carboxylic acids is 1. The molecule has 18 heavy (non-hydrogen) atoms. The average molecular weight is 377 g/mol. The second kappa shape index (κ2) is 6.70. The number of nitrogens with one attached hydrogen (secondary N) is 1. The van der Waals surface area contributed by atoms with Crippen molar-refractivity contribution in [2.75, 3.05) is 0 Å². The molecule has 0 aliphatic rings. The van der Waals surface area contributed by atoms with Crippen LogP contribution in [0.5, 0.6) is 0 Å². The molecule has 1 atom stereocenters. The predicted molar refractivity (Wildman–Crippen MR) is 75.5 cm³/mol. The molecule has 96 valence electrons. The van der Waals surface area contributed by atoms with Crippen LogP contribution < -0.4 is 5.32 Å². The maximum absolute atomic E-state index is 11.9. The molecule has 0 saturated carbocycles. The molecule has 2 N–H and O–H groups in total. The van der Waals surface area contributed by atoms with Gasteiger partial charge in [0.05, 0.1) is 5.56 Å². The highest BCUT2D eigenvalue weighted by atomic mass is 79.9. The second-order valence-corrected chi connectivity index (χ2v) is 5.28. The third-order valence-corrected chi connectivity index (χ3v) is 3.33. The van der Waals surface area contributed by atoms with Crippen LogP contribution in [0, 0.1) is 0 Å². The third-order valence-electron chi connectivity index (χ3n) is 2.18. The van der Waals surface area contributed by atoms with Gasteiger partial charge in [0.2, 0.25) is 0 Å². The fraction of sp³-hybridized carbons (Fsp3) is 0.167. The van der Waals surface area contributed by atoms with Gasteiger partial charge in [0.15, 0.2) is 0 Å². The molecule has 1 aromatic carbocycles. The maximum Gasteiger partial charge on any atom is 0.326 e. The fourth-order valence-corrected chi connectivity index (χ4v) is 2.52. The largest absolute Gasteiger partial charge is 0.480 e. The molecule has 6 heteroatoms. The fourth-order valence-electron chi connectivity index (χ4n) is 1.30. The minimum atomic E-state index is -1.09. The first-order valence-electron chi connectivity index (χ1n) is 5.05. The molecular weight excluding hydrogens is 366 g/mol. The molecule has 0 radical (unpaired) electrons. The van der Waals surface area contributed by atoms with E-state index in [2.05, 4.69) is 43.8 Å². The zero-order valence-electron chi connectivity index (χ0n) is 9.32. The van der Waals surface area contributed by atoms with E-state index in [0.717, 1.165) is 4.47 Å². The molecule has 0 aliphatic carbocycles. The summed E-state index contributed by atoms with van der Waals surface area (Å²) in [6.45, 7) is 3.46. The normalized spacial score (nSPS) is 11.7. The number of hydrogen-bond acceptors (Lipinski definition) is 2. The Labute approximate surface area is 121 Å². The Bertz CT molecular complexity index is 488. The van der Waals surface area contributed by atoms with E-state index in [9.17, 15) is 9.59 Å². The van der Waals surface area contributed by atoms with Gasteiger partial charge in [-0.15, -0.1) is 6.58 Å². The summed E-state index contributed by atoms with van der Waals surface area (Å²) >= 11 is 6.53. The number of carboxylic acids is 1. The van der Waals surface area contributed by atoms with E-state index < -0.39 is 17.9 Å². The number of carboxylic acid groups (broad SMARTS) is 1. The Hall–Kier alpha value is -1.14. The minimum absolute atomic E-state index is 0.176. The third kappa shape index (κ3) is 3.96. The molecule has 0 bridgehead atoms. The van der Waals surface area contributed by atoms with E-state index in [0.29, 0.717) is 10.0 Å². The minimum Gasteiger partial charge on any atom is -0.480 e. The number of amides is 1. The van der Waals surface area contributed by atoms with Crippen molar-refractivity contribution >= 4 is 43.7 Å². The topological polar surface area (TPSA) is 66.4 Å². The van der Waals surface area contributed by atoms with Crippen molar-refractivity contribution in [2.45, 2.75) is 12.5 Å². The lowest BCUT2D eigenvalue weighted by Crippen LogP contribution is -2.40. The standard InChI is InChI=1S/C12H11Br2NO3/c1-2-3-10(12(17)18)15-11(16)8-5-4-7(13)6-9(8)14/h2,4-6,10H,1,3H2,(H,15,16)(H,17,18). The van der Waals surface area contributed by atoms with Gasteiger partial charge in [0, 0.05) is 8.95 Å². The van der Waals surface area contributed by atoms with Crippen LogP contribution in [0.15, 0.2) is 39.8 Å². The summed E-state index contributed by atoms with van der Waals surface area (Å²) in [7, 11) is 0. The van der Waals surface area contributed by atoms with Crippen molar-refractivity contribution in [3.05, 3.63) is 45.4 Å². The lowest BCUT2D eigenvalue weighted by molar-refractivity contribution is -0.139. The SMILES string of the molecule is C=CCC(NC(=O)c1ccc(Br)cc1Br)C(=O)O. The average Bonchev–Trinajstić information content (AvgIpc) is 2.27. The number of rotatable bonds is 5. The molecule has 0 fully saturated rings. The molecular formula is C12H11Br2NO3. The molecule has 4 nitrogen and oxygen atoms in total. The van der Waals surface area contributed by atoms with E-state index in [1.807, 2.05) is 0 Å². The first-order valence-corrected chi connectivity index (χ1v) is 6.64. The molecule has 0 aliphatic heterocycles. The maximum atomic E-state index is 11.9. The van der Waals surface area contributed by atoms with Gasteiger partial charge in [-0.05, 0) is 40.5 Å². The molecule has 1 unspecified atom stereocenters. The Morgan fingerprint density at radius 1 is 1.44 bits per heavy atom. The molecule has 0 heterocycles. The zero-order chi connectivity index (χ0) is 13.7. The number of carbonyl (C=O) groups is 2. The highest BCUT2D eigenvalue weighted by Crippen LogP contribution is 2.22. The van der Waals surface area contributed by atoms with E-state index >= 15 is 0 Å². The van der Waals surface area contributed by atoms with Crippen LogP contribution in [-0.4, -0.2) is 23.0 Å². The van der Waals surface area contributed by atoms with E-state index in [4.69, 9.17) is 5.11 Å². The van der Waals surface area contributed by atoms with Crippen molar-refractivity contribution in [1.29, 1.82) is 0 Å². The number of benzene rings is 1. The van der Waals surface area contributed by atoms with E-state index in [1.54, 1.807) is 18.2 Å². The smallest absolute Gasteiger partial charge is 0.326 e. The van der Waals surface area contributed by atoms with Gasteiger partial charge in [0.1, 0.15) is 6.04 Å². The lowest BCUT2D eigenvalue weighted by Gasteiger charge is -2.13. The molecule has 1 aromatic rings. The van der Waals surface area contributed by atoms with Gasteiger partial charge >= 0.3 is 5.97 Å². The van der Waals surface area contributed by atoms with Crippen LogP contribution >= 0.6 is 31.9 Å². The molecule has 0 aromatic heterocycles. The Balaban J connectivity index is 2.86. The monoisotopic (exact) mass is 375 g/mol. The van der Waals surface area contributed by atoms with Gasteiger partial charge in [-0.25, -0.2) is 4.79 Å². The number of halogens is 2. The summed E-state index contributed by atoms with van der Waals surface area (Å²) in [5.74, 6) is -1.53. The zero-order valence-corrected chi connectivity index (χ0v) is 12.5. The second-order valence-electron chi connectivity index (χ2n) is 3.51. The Morgan fingerprint density at radius 2 is 2.11 bits per heavy atom. The van der Waals surface area contributed by atoms with Crippen molar-refractivity contribution in [3.8, 4) is 0 Å². The van der Waals surface area contributed by atoms with Gasteiger partial charge in [-0.3, -0.25) is 4.79 Å². The van der Waals surface area contributed by atoms with Gasteiger partial charge in [-0.2, -0.15) is 0 Å². The summed E-state index contributed by atoms with van der Waals surface area (Å²) in [5, 5.41) is 11.4. The summed E-state index contributed by atoms with van der Waals surface area (Å²) in [6, 6.07) is 4.07. The highest BCUT2D eigenvalue weighted by molar-refractivity contribution is 9.11.